The number of aliphatic carboxylic acids is 1. The van der Waals surface area contributed by atoms with Crippen molar-refractivity contribution in [1.82, 2.24) is 4.90 Å². The number of amides is 1. The fourth-order valence-corrected chi connectivity index (χ4v) is 1.50. The topological polar surface area (TPSA) is 66.8 Å². The van der Waals surface area contributed by atoms with Crippen LogP contribution in [0.2, 0.25) is 0 Å². The Balaban J connectivity index is 2.14. The molecule has 19 heavy (non-hydrogen) atoms. The average Bonchev–Trinajstić information content (AvgIpc) is 2.41. The van der Waals surface area contributed by atoms with Gasteiger partial charge in [0.2, 0.25) is 5.91 Å². The molecule has 0 spiro atoms. The summed E-state index contributed by atoms with van der Waals surface area (Å²) in [4.78, 5) is 23.4. The second kappa shape index (κ2) is 8.26. The Bertz CT molecular complexity index is 405. The molecule has 1 N–H and O–H groups in total. The molecule has 0 aromatic heterocycles. The van der Waals surface area contributed by atoms with Crippen LogP contribution in [0.1, 0.15) is 18.4 Å². The normalized spacial score (nSPS) is 10.2. The number of benzene rings is 1. The van der Waals surface area contributed by atoms with E-state index in [-0.39, 0.29) is 18.7 Å². The molecular weight excluding hydrogens is 246 g/mol. The third kappa shape index (κ3) is 6.57. The van der Waals surface area contributed by atoms with Crippen LogP contribution in [0.4, 0.5) is 0 Å². The fraction of sp³-hybridized carbons (Fsp3) is 0.429. The van der Waals surface area contributed by atoms with Crippen LogP contribution in [0.25, 0.3) is 0 Å². The minimum absolute atomic E-state index is 0.0323. The summed E-state index contributed by atoms with van der Waals surface area (Å²) in [6.07, 6.45) is -0.0986. The number of hydrogen-bond donors (Lipinski definition) is 1. The highest BCUT2D eigenvalue weighted by Crippen LogP contribution is 2.01. The van der Waals surface area contributed by atoms with Crippen molar-refractivity contribution in [3.8, 4) is 0 Å². The third-order valence-corrected chi connectivity index (χ3v) is 2.66. The lowest BCUT2D eigenvalue weighted by Gasteiger charge is -2.16. The Morgan fingerprint density at radius 2 is 1.89 bits per heavy atom. The second-order valence-corrected chi connectivity index (χ2v) is 4.25. The predicted molar refractivity (Wildman–Crippen MR) is 70.6 cm³/mol. The van der Waals surface area contributed by atoms with Crippen LogP contribution in [0.3, 0.4) is 0 Å². The van der Waals surface area contributed by atoms with E-state index in [0.29, 0.717) is 19.8 Å². The average molecular weight is 265 g/mol. The molecule has 1 rings (SSSR count). The van der Waals surface area contributed by atoms with Crippen molar-refractivity contribution in [3.05, 3.63) is 35.9 Å². The summed E-state index contributed by atoms with van der Waals surface area (Å²) in [6.45, 7) is 1.41. The van der Waals surface area contributed by atoms with E-state index in [1.54, 1.807) is 7.05 Å². The first-order chi connectivity index (χ1) is 9.09. The number of carboxylic acid groups (broad SMARTS) is 1. The van der Waals surface area contributed by atoms with Crippen LogP contribution in [0.15, 0.2) is 30.3 Å². The molecule has 1 aromatic rings. The summed E-state index contributed by atoms with van der Waals surface area (Å²) in [7, 11) is 1.65. The Morgan fingerprint density at radius 3 is 2.53 bits per heavy atom. The first-order valence-electron chi connectivity index (χ1n) is 6.17. The van der Waals surface area contributed by atoms with Gasteiger partial charge in [0.1, 0.15) is 0 Å². The largest absolute Gasteiger partial charge is 0.481 e. The summed E-state index contributed by atoms with van der Waals surface area (Å²) < 4.78 is 5.46. The van der Waals surface area contributed by atoms with Crippen molar-refractivity contribution in [1.29, 1.82) is 0 Å². The first-order valence-corrected chi connectivity index (χ1v) is 6.17. The van der Waals surface area contributed by atoms with Crippen molar-refractivity contribution in [3.63, 3.8) is 0 Å². The number of rotatable bonds is 8. The van der Waals surface area contributed by atoms with Gasteiger partial charge in [-0.25, -0.2) is 0 Å². The van der Waals surface area contributed by atoms with Gasteiger partial charge in [-0.15, -0.1) is 0 Å². The molecule has 0 radical (unpaired) electrons. The smallest absolute Gasteiger partial charge is 0.303 e. The predicted octanol–water partition coefficient (Wildman–Crippen LogP) is 1.53. The highest BCUT2D eigenvalue weighted by molar-refractivity contribution is 5.80. The molecule has 0 saturated heterocycles. The van der Waals surface area contributed by atoms with E-state index in [4.69, 9.17) is 9.84 Å². The van der Waals surface area contributed by atoms with E-state index in [9.17, 15) is 9.59 Å². The van der Waals surface area contributed by atoms with E-state index in [0.717, 1.165) is 5.56 Å². The Morgan fingerprint density at radius 1 is 1.21 bits per heavy atom. The minimum atomic E-state index is -0.956. The molecule has 0 fully saturated rings. The molecule has 1 amide bonds. The van der Waals surface area contributed by atoms with E-state index in [1.165, 1.54) is 4.90 Å². The lowest BCUT2D eigenvalue weighted by molar-refractivity contribution is -0.140. The number of carbonyl (C=O) groups is 2. The fourth-order valence-electron chi connectivity index (χ4n) is 1.50. The van der Waals surface area contributed by atoms with E-state index >= 15 is 0 Å². The van der Waals surface area contributed by atoms with Crippen LogP contribution in [-0.2, 0) is 20.9 Å². The number of hydrogen-bond acceptors (Lipinski definition) is 3. The van der Waals surface area contributed by atoms with Gasteiger partial charge in [0, 0.05) is 20.0 Å². The standard InChI is InChI=1S/C14H19NO4/c1-15(13(16)7-8-14(17)18)9-10-19-11-12-5-3-2-4-6-12/h2-6H,7-11H2,1H3,(H,17,18). The molecular formula is C14H19NO4. The Kier molecular flexibility index (Phi) is 6.60. The molecule has 0 aliphatic rings. The summed E-state index contributed by atoms with van der Waals surface area (Å²) in [5.74, 6) is -1.13. The van der Waals surface area contributed by atoms with Crippen LogP contribution in [0.5, 0.6) is 0 Å². The number of carbonyl (C=O) groups excluding carboxylic acids is 1. The molecule has 5 nitrogen and oxygen atoms in total. The van der Waals surface area contributed by atoms with E-state index < -0.39 is 5.97 Å². The zero-order valence-electron chi connectivity index (χ0n) is 11.0. The highest BCUT2D eigenvalue weighted by atomic mass is 16.5. The summed E-state index contributed by atoms with van der Waals surface area (Å²) >= 11 is 0. The zero-order chi connectivity index (χ0) is 14.1. The summed E-state index contributed by atoms with van der Waals surface area (Å²) in [6, 6.07) is 9.78. The quantitative estimate of drug-likeness (QED) is 0.724. The lowest BCUT2D eigenvalue weighted by atomic mass is 10.2. The number of ether oxygens (including phenoxy) is 1. The van der Waals surface area contributed by atoms with Gasteiger partial charge in [0.25, 0.3) is 0 Å². The molecule has 0 atom stereocenters. The maximum atomic E-state index is 11.5. The molecule has 0 bridgehead atoms. The second-order valence-electron chi connectivity index (χ2n) is 4.25. The van der Waals surface area contributed by atoms with Gasteiger partial charge >= 0.3 is 5.97 Å². The summed E-state index contributed by atoms with van der Waals surface area (Å²) in [5.41, 5.74) is 1.09. The van der Waals surface area contributed by atoms with Crippen molar-refractivity contribution in [2.45, 2.75) is 19.4 Å². The number of carboxylic acids is 1. The van der Waals surface area contributed by atoms with E-state index in [2.05, 4.69) is 0 Å². The SMILES string of the molecule is CN(CCOCc1ccccc1)C(=O)CCC(=O)O. The molecule has 5 heteroatoms. The van der Waals surface area contributed by atoms with Gasteiger partial charge in [0.15, 0.2) is 0 Å². The molecule has 0 aliphatic heterocycles. The molecule has 0 saturated carbocycles. The van der Waals surface area contributed by atoms with Gasteiger partial charge in [-0.1, -0.05) is 30.3 Å². The molecule has 0 aliphatic carbocycles. The molecule has 0 heterocycles. The van der Waals surface area contributed by atoms with Crippen LogP contribution >= 0.6 is 0 Å². The molecule has 1 aromatic carbocycles. The highest BCUT2D eigenvalue weighted by Gasteiger charge is 2.10. The van der Waals surface area contributed by atoms with Crippen LogP contribution < -0.4 is 0 Å². The maximum absolute atomic E-state index is 11.5. The zero-order valence-corrected chi connectivity index (χ0v) is 11.0. The van der Waals surface area contributed by atoms with Gasteiger partial charge in [-0.3, -0.25) is 9.59 Å². The van der Waals surface area contributed by atoms with Gasteiger partial charge in [-0.2, -0.15) is 0 Å². The maximum Gasteiger partial charge on any atom is 0.303 e. The van der Waals surface area contributed by atoms with Crippen molar-refractivity contribution >= 4 is 11.9 Å². The van der Waals surface area contributed by atoms with Crippen LogP contribution in [-0.4, -0.2) is 42.1 Å². The van der Waals surface area contributed by atoms with Crippen LogP contribution in [0, 0.1) is 0 Å². The van der Waals surface area contributed by atoms with Crippen molar-refractivity contribution in [2.75, 3.05) is 20.2 Å². The summed E-state index contributed by atoms with van der Waals surface area (Å²) in [5, 5.41) is 8.49. The molecule has 0 unspecified atom stereocenters. The lowest BCUT2D eigenvalue weighted by Crippen LogP contribution is -2.30. The van der Waals surface area contributed by atoms with Gasteiger partial charge in [-0.05, 0) is 5.56 Å². The monoisotopic (exact) mass is 265 g/mol. The van der Waals surface area contributed by atoms with E-state index in [1.807, 2.05) is 30.3 Å². The molecule has 104 valence electrons. The van der Waals surface area contributed by atoms with Crippen molar-refractivity contribution < 1.29 is 19.4 Å². The Hall–Kier alpha value is -1.88. The Labute approximate surface area is 112 Å². The number of nitrogens with zero attached hydrogens (tertiary/aromatic N) is 1. The van der Waals surface area contributed by atoms with Crippen molar-refractivity contribution in [2.24, 2.45) is 0 Å². The minimum Gasteiger partial charge on any atom is -0.481 e. The third-order valence-electron chi connectivity index (χ3n) is 2.66. The first kappa shape index (κ1) is 15.2. The van der Waals surface area contributed by atoms with Gasteiger partial charge < -0.3 is 14.7 Å². The van der Waals surface area contributed by atoms with Gasteiger partial charge in [0.05, 0.1) is 19.6 Å². The number of likely N-dealkylation sites (N-methyl/N-ethyl adjacent to an activating group) is 1.